The van der Waals surface area contributed by atoms with Crippen molar-refractivity contribution in [3.8, 4) is 11.5 Å². The molecule has 0 aliphatic rings. The number of para-hydroxylation sites is 1. The fourth-order valence-electron chi connectivity index (χ4n) is 1.52. The van der Waals surface area contributed by atoms with Crippen molar-refractivity contribution in [3.63, 3.8) is 0 Å². The van der Waals surface area contributed by atoms with Gasteiger partial charge >= 0.3 is 0 Å². The lowest BCUT2D eigenvalue weighted by Gasteiger charge is -2.04. The van der Waals surface area contributed by atoms with Gasteiger partial charge in [-0.2, -0.15) is 0 Å². The summed E-state index contributed by atoms with van der Waals surface area (Å²) in [6.45, 7) is 0. The van der Waals surface area contributed by atoms with E-state index in [-0.39, 0.29) is 10.8 Å². The molecule has 0 spiro atoms. The molecular formula is C14H11ClFNO2. The lowest BCUT2D eigenvalue weighted by molar-refractivity contribution is 0.373. The number of nitrogens with zero attached hydrogens (tertiary/aromatic N) is 1. The van der Waals surface area contributed by atoms with Crippen LogP contribution in [0.1, 0.15) is 5.56 Å². The van der Waals surface area contributed by atoms with Gasteiger partial charge in [0, 0.05) is 11.8 Å². The number of halogens is 2. The van der Waals surface area contributed by atoms with Crippen molar-refractivity contribution in [1.29, 1.82) is 0 Å². The molecule has 98 valence electrons. The highest BCUT2D eigenvalue weighted by molar-refractivity contribution is 6.31. The maximum Gasteiger partial charge on any atom is 0.166 e. The molecule has 0 atom stereocenters. The predicted octanol–water partition coefficient (Wildman–Crippen LogP) is 3.94. The third-order valence-electron chi connectivity index (χ3n) is 2.51. The van der Waals surface area contributed by atoms with E-state index in [1.54, 1.807) is 18.2 Å². The van der Waals surface area contributed by atoms with E-state index in [0.717, 1.165) is 0 Å². The van der Waals surface area contributed by atoms with E-state index < -0.39 is 5.82 Å². The zero-order valence-corrected chi connectivity index (χ0v) is 10.9. The molecule has 0 bridgehead atoms. The molecule has 0 aliphatic carbocycles. The Labute approximate surface area is 114 Å². The van der Waals surface area contributed by atoms with Crippen molar-refractivity contribution >= 4 is 23.5 Å². The van der Waals surface area contributed by atoms with Crippen LogP contribution in [0.3, 0.4) is 0 Å². The summed E-state index contributed by atoms with van der Waals surface area (Å²) in [6, 6.07) is 9.20. The summed E-state index contributed by atoms with van der Waals surface area (Å²) >= 11 is 5.66. The van der Waals surface area contributed by atoms with Gasteiger partial charge in [-0.3, -0.25) is 4.99 Å². The number of rotatable bonds is 3. The van der Waals surface area contributed by atoms with Crippen molar-refractivity contribution in [2.24, 2.45) is 4.99 Å². The minimum Gasteiger partial charge on any atom is -0.504 e. The molecule has 1 N–H and O–H groups in total. The first-order valence-corrected chi connectivity index (χ1v) is 5.84. The molecule has 0 unspecified atom stereocenters. The third-order valence-corrected chi connectivity index (χ3v) is 2.80. The monoisotopic (exact) mass is 279 g/mol. The summed E-state index contributed by atoms with van der Waals surface area (Å²) in [6.07, 6.45) is 1.46. The lowest BCUT2D eigenvalue weighted by Crippen LogP contribution is -1.88. The second-order valence-corrected chi connectivity index (χ2v) is 4.16. The van der Waals surface area contributed by atoms with Crippen molar-refractivity contribution in [3.05, 3.63) is 52.8 Å². The van der Waals surface area contributed by atoms with Gasteiger partial charge in [0.15, 0.2) is 11.5 Å². The Morgan fingerprint density at radius 1 is 1.32 bits per heavy atom. The summed E-state index contributed by atoms with van der Waals surface area (Å²) in [4.78, 5) is 4.12. The molecule has 19 heavy (non-hydrogen) atoms. The molecule has 2 aromatic rings. The van der Waals surface area contributed by atoms with E-state index in [1.165, 1.54) is 31.5 Å². The molecule has 0 saturated heterocycles. The van der Waals surface area contributed by atoms with Crippen molar-refractivity contribution in [2.75, 3.05) is 7.11 Å². The van der Waals surface area contributed by atoms with Crippen molar-refractivity contribution in [1.82, 2.24) is 0 Å². The number of phenolic OH excluding ortho intramolecular Hbond substituents is 1. The molecule has 0 aromatic heterocycles. The third kappa shape index (κ3) is 3.03. The average Bonchev–Trinajstić information content (AvgIpc) is 2.41. The van der Waals surface area contributed by atoms with Gasteiger partial charge in [-0.15, -0.1) is 0 Å². The molecule has 0 aliphatic heterocycles. The van der Waals surface area contributed by atoms with Gasteiger partial charge in [-0.25, -0.2) is 4.39 Å². The molecule has 0 radical (unpaired) electrons. The number of ether oxygens (including phenoxy) is 1. The van der Waals surface area contributed by atoms with Gasteiger partial charge in [0.05, 0.1) is 17.8 Å². The van der Waals surface area contributed by atoms with Crippen LogP contribution in [0, 0.1) is 5.82 Å². The van der Waals surface area contributed by atoms with E-state index in [0.29, 0.717) is 17.0 Å². The van der Waals surface area contributed by atoms with E-state index in [1.807, 2.05) is 0 Å². The fraction of sp³-hybridized carbons (Fsp3) is 0.0714. The number of aliphatic imine (C=N–C) groups is 1. The number of aromatic hydroxyl groups is 1. The molecule has 5 heteroatoms. The fourth-order valence-corrected chi connectivity index (χ4v) is 1.69. The summed E-state index contributed by atoms with van der Waals surface area (Å²) < 4.78 is 18.0. The highest BCUT2D eigenvalue weighted by Crippen LogP contribution is 2.29. The first kappa shape index (κ1) is 13.4. The molecule has 0 amide bonds. The number of phenols is 1. The van der Waals surface area contributed by atoms with Crippen LogP contribution < -0.4 is 4.74 Å². The molecule has 3 nitrogen and oxygen atoms in total. The molecule has 2 rings (SSSR count). The summed E-state index contributed by atoms with van der Waals surface area (Å²) in [5.74, 6) is -0.132. The van der Waals surface area contributed by atoms with E-state index in [9.17, 15) is 9.50 Å². The number of hydrogen-bond acceptors (Lipinski definition) is 3. The SMILES string of the molecule is COc1cccc(C=Nc2ccc(F)c(Cl)c2)c1O. The van der Waals surface area contributed by atoms with Crippen LogP contribution in [0.4, 0.5) is 10.1 Å². The first-order chi connectivity index (χ1) is 9.11. The second kappa shape index (κ2) is 5.71. The highest BCUT2D eigenvalue weighted by Gasteiger charge is 2.05. The standard InChI is InChI=1S/C14H11ClFNO2/c1-19-13-4-2-3-9(14(13)18)8-17-10-5-6-12(16)11(15)7-10/h2-8,18H,1H3. The first-order valence-electron chi connectivity index (χ1n) is 5.47. The van der Waals surface area contributed by atoms with Crippen molar-refractivity contribution < 1.29 is 14.2 Å². The van der Waals surface area contributed by atoms with Gasteiger partial charge in [-0.05, 0) is 30.3 Å². The van der Waals surface area contributed by atoms with Crippen LogP contribution in [0.5, 0.6) is 11.5 Å². The van der Waals surface area contributed by atoms with Crippen LogP contribution in [0.25, 0.3) is 0 Å². The van der Waals surface area contributed by atoms with Crippen LogP contribution in [-0.4, -0.2) is 18.4 Å². The van der Waals surface area contributed by atoms with Gasteiger partial charge in [0.2, 0.25) is 0 Å². The van der Waals surface area contributed by atoms with Gasteiger partial charge in [0.25, 0.3) is 0 Å². The Morgan fingerprint density at radius 3 is 2.79 bits per heavy atom. The second-order valence-electron chi connectivity index (χ2n) is 3.75. The Morgan fingerprint density at radius 2 is 2.11 bits per heavy atom. The maximum absolute atomic E-state index is 13.0. The minimum absolute atomic E-state index is 0.00181. The Hall–Kier alpha value is -2.07. The van der Waals surface area contributed by atoms with Crippen molar-refractivity contribution in [2.45, 2.75) is 0 Å². The molecule has 0 fully saturated rings. The largest absolute Gasteiger partial charge is 0.504 e. The lowest BCUT2D eigenvalue weighted by atomic mass is 10.2. The van der Waals surface area contributed by atoms with E-state index in [4.69, 9.17) is 16.3 Å². The smallest absolute Gasteiger partial charge is 0.166 e. The Balaban J connectivity index is 2.30. The minimum atomic E-state index is -0.496. The molecule has 0 saturated carbocycles. The number of methoxy groups -OCH3 is 1. The number of benzene rings is 2. The maximum atomic E-state index is 13.0. The zero-order valence-electron chi connectivity index (χ0n) is 10.1. The average molecular weight is 280 g/mol. The Kier molecular flexibility index (Phi) is 4.02. The van der Waals surface area contributed by atoms with E-state index in [2.05, 4.69) is 4.99 Å². The quantitative estimate of drug-likeness (QED) is 0.865. The summed E-state index contributed by atoms with van der Waals surface area (Å²) in [5, 5.41) is 9.87. The van der Waals surface area contributed by atoms with Crippen LogP contribution in [0.15, 0.2) is 41.4 Å². The van der Waals surface area contributed by atoms with E-state index >= 15 is 0 Å². The summed E-state index contributed by atoms with van der Waals surface area (Å²) in [5.41, 5.74) is 0.994. The zero-order chi connectivity index (χ0) is 13.8. The topological polar surface area (TPSA) is 41.8 Å². The molecule has 0 heterocycles. The van der Waals surface area contributed by atoms with Gasteiger partial charge in [-0.1, -0.05) is 17.7 Å². The normalized spacial score (nSPS) is 10.9. The number of hydrogen-bond donors (Lipinski definition) is 1. The predicted molar refractivity (Wildman–Crippen MR) is 73.3 cm³/mol. The summed E-state index contributed by atoms with van der Waals surface area (Å²) in [7, 11) is 1.47. The van der Waals surface area contributed by atoms with Crippen LogP contribution >= 0.6 is 11.6 Å². The Bertz CT molecular complexity index is 629. The van der Waals surface area contributed by atoms with Crippen LogP contribution in [-0.2, 0) is 0 Å². The van der Waals surface area contributed by atoms with Gasteiger partial charge < -0.3 is 9.84 Å². The highest BCUT2D eigenvalue weighted by atomic mass is 35.5. The molecular weight excluding hydrogens is 269 g/mol. The van der Waals surface area contributed by atoms with Gasteiger partial charge in [0.1, 0.15) is 5.82 Å². The van der Waals surface area contributed by atoms with Crippen LogP contribution in [0.2, 0.25) is 5.02 Å². The molecule has 2 aromatic carbocycles.